The van der Waals surface area contributed by atoms with Crippen LogP contribution in [0, 0.1) is 5.92 Å². The molecule has 1 rings (SSSR count). The van der Waals surface area contributed by atoms with Crippen LogP contribution in [0.2, 0.25) is 0 Å². The van der Waals surface area contributed by atoms with Gasteiger partial charge in [-0.05, 0) is 12.3 Å². The van der Waals surface area contributed by atoms with Crippen LogP contribution in [0.4, 0.5) is 0 Å². The molecule has 3 amide bonds. The van der Waals surface area contributed by atoms with Crippen molar-refractivity contribution in [3.8, 4) is 0 Å². The molecule has 0 radical (unpaired) electrons. The van der Waals surface area contributed by atoms with Crippen molar-refractivity contribution in [1.29, 1.82) is 0 Å². The molecule has 0 aromatic carbocycles. The number of aromatic nitrogens is 2. The fraction of sp³-hybridized carbons (Fsp3) is 0.579. The highest BCUT2D eigenvalue weighted by molar-refractivity contribution is 5.94. The third kappa shape index (κ3) is 9.65. The summed E-state index contributed by atoms with van der Waals surface area (Å²) in [5.41, 5.74) is 6.19. The summed E-state index contributed by atoms with van der Waals surface area (Å²) in [6, 6.07) is -5.45. The molecule has 0 fully saturated rings. The molecule has 9 N–H and O–H groups in total. The standard InChI is InChI=1S/C19H30N6O8/c1-9(2)3-11(20)16(29)25-14(7-26)18(31)23-12(4-10-6-21-8-22-10)17(30)24-13(19(32)33)5-15(27)28/h6,8-9,11-14,26H,3-5,7,20H2,1-2H3,(H,21,22)(H,23,31)(H,24,30)(H,25,29)(H,27,28)(H,32,33). The van der Waals surface area contributed by atoms with E-state index < -0.39 is 66.9 Å². The third-order valence-electron chi connectivity index (χ3n) is 4.48. The first-order valence-corrected chi connectivity index (χ1v) is 10.1. The zero-order chi connectivity index (χ0) is 25.1. The Morgan fingerprint density at radius 2 is 1.58 bits per heavy atom. The molecule has 14 heteroatoms. The number of carbonyl (C=O) groups is 5. The van der Waals surface area contributed by atoms with Gasteiger partial charge in [0.2, 0.25) is 17.7 Å². The van der Waals surface area contributed by atoms with Gasteiger partial charge >= 0.3 is 11.9 Å². The number of nitrogens with zero attached hydrogens (tertiary/aromatic N) is 1. The predicted octanol–water partition coefficient (Wildman–Crippen LogP) is -2.67. The summed E-state index contributed by atoms with van der Waals surface area (Å²) >= 11 is 0. The Hall–Kier alpha value is -3.52. The first-order valence-electron chi connectivity index (χ1n) is 10.1. The number of rotatable bonds is 14. The predicted molar refractivity (Wildman–Crippen MR) is 112 cm³/mol. The highest BCUT2D eigenvalue weighted by Crippen LogP contribution is 2.04. The van der Waals surface area contributed by atoms with Crippen LogP contribution in [0.25, 0.3) is 0 Å². The maximum atomic E-state index is 12.7. The van der Waals surface area contributed by atoms with Gasteiger partial charge in [-0.15, -0.1) is 0 Å². The van der Waals surface area contributed by atoms with Crippen LogP contribution in [0.1, 0.15) is 32.4 Å². The van der Waals surface area contributed by atoms with Crippen LogP contribution >= 0.6 is 0 Å². The molecule has 0 spiro atoms. The van der Waals surface area contributed by atoms with Gasteiger partial charge in [-0.3, -0.25) is 19.2 Å². The molecule has 1 aromatic heterocycles. The molecule has 0 aliphatic carbocycles. The molecular weight excluding hydrogens is 440 g/mol. The molecule has 4 atom stereocenters. The average molecular weight is 470 g/mol. The SMILES string of the molecule is CC(C)CC(N)C(=O)NC(CO)C(=O)NC(Cc1cnc[nH]1)C(=O)NC(CC(=O)O)C(=O)O. The first-order chi connectivity index (χ1) is 15.4. The van der Waals surface area contributed by atoms with E-state index in [1.54, 1.807) is 0 Å². The van der Waals surface area contributed by atoms with Gasteiger partial charge in [-0.25, -0.2) is 9.78 Å². The number of aromatic amines is 1. The second-order valence-electron chi connectivity index (χ2n) is 7.82. The van der Waals surface area contributed by atoms with Crippen molar-refractivity contribution in [2.75, 3.05) is 6.61 Å². The summed E-state index contributed by atoms with van der Waals surface area (Å²) in [6.45, 7) is 2.93. The van der Waals surface area contributed by atoms with Crippen molar-refractivity contribution in [3.05, 3.63) is 18.2 Å². The van der Waals surface area contributed by atoms with Gasteiger partial charge in [0.1, 0.15) is 18.1 Å². The maximum absolute atomic E-state index is 12.7. The molecule has 1 heterocycles. The minimum absolute atomic E-state index is 0.114. The fourth-order valence-electron chi connectivity index (χ4n) is 2.83. The van der Waals surface area contributed by atoms with Gasteiger partial charge < -0.3 is 42.0 Å². The Labute approximate surface area is 189 Å². The number of hydrogen-bond acceptors (Lipinski definition) is 8. The van der Waals surface area contributed by atoms with E-state index >= 15 is 0 Å². The third-order valence-corrected chi connectivity index (χ3v) is 4.48. The topological polar surface area (TPSA) is 237 Å². The molecule has 0 saturated heterocycles. The van der Waals surface area contributed by atoms with E-state index in [9.17, 15) is 29.1 Å². The van der Waals surface area contributed by atoms with Crippen LogP contribution in [-0.2, 0) is 30.4 Å². The first kappa shape index (κ1) is 27.5. The lowest BCUT2D eigenvalue weighted by atomic mass is 10.0. The van der Waals surface area contributed by atoms with Crippen LogP contribution in [0.3, 0.4) is 0 Å². The van der Waals surface area contributed by atoms with E-state index in [1.807, 2.05) is 13.8 Å². The maximum Gasteiger partial charge on any atom is 0.326 e. The number of carboxylic acid groups (broad SMARTS) is 2. The number of nitrogens with one attached hydrogen (secondary N) is 4. The summed E-state index contributed by atoms with van der Waals surface area (Å²) in [6.07, 6.45) is 2.00. The number of carbonyl (C=O) groups excluding carboxylic acids is 3. The molecule has 0 aliphatic heterocycles. The van der Waals surface area contributed by atoms with E-state index in [2.05, 4.69) is 25.9 Å². The minimum Gasteiger partial charge on any atom is -0.481 e. The van der Waals surface area contributed by atoms with E-state index in [1.165, 1.54) is 12.5 Å². The van der Waals surface area contributed by atoms with E-state index in [0.717, 1.165) is 0 Å². The monoisotopic (exact) mass is 470 g/mol. The highest BCUT2D eigenvalue weighted by atomic mass is 16.4. The molecular formula is C19H30N6O8. The van der Waals surface area contributed by atoms with Crippen molar-refractivity contribution >= 4 is 29.7 Å². The summed E-state index contributed by atoms with van der Waals surface area (Å²) in [5, 5.41) is 34.3. The van der Waals surface area contributed by atoms with Crippen LogP contribution in [0.15, 0.2) is 12.5 Å². The quantitative estimate of drug-likeness (QED) is 0.140. The molecule has 14 nitrogen and oxygen atoms in total. The summed E-state index contributed by atoms with van der Waals surface area (Å²) < 4.78 is 0. The zero-order valence-electron chi connectivity index (χ0n) is 18.3. The largest absolute Gasteiger partial charge is 0.481 e. The molecule has 0 aliphatic rings. The molecule has 1 aromatic rings. The molecule has 0 saturated carbocycles. The van der Waals surface area contributed by atoms with Gasteiger partial charge in [0.05, 0.1) is 25.4 Å². The number of H-pyrrole nitrogens is 1. The minimum atomic E-state index is -1.74. The molecule has 33 heavy (non-hydrogen) atoms. The van der Waals surface area contributed by atoms with Crippen molar-refractivity contribution < 1.29 is 39.3 Å². The Morgan fingerprint density at radius 1 is 1.00 bits per heavy atom. The second kappa shape index (κ2) is 13.1. The van der Waals surface area contributed by atoms with Gasteiger partial charge in [0.15, 0.2) is 0 Å². The van der Waals surface area contributed by atoms with Gasteiger partial charge in [0, 0.05) is 18.3 Å². The van der Waals surface area contributed by atoms with Crippen molar-refractivity contribution in [2.24, 2.45) is 11.7 Å². The summed E-state index contributed by atoms with van der Waals surface area (Å²) in [5.74, 6) is -5.48. The number of aliphatic hydroxyl groups excluding tert-OH is 1. The molecule has 184 valence electrons. The zero-order valence-corrected chi connectivity index (χ0v) is 18.3. The van der Waals surface area contributed by atoms with E-state index in [0.29, 0.717) is 12.1 Å². The van der Waals surface area contributed by atoms with Crippen LogP contribution in [-0.4, -0.2) is 85.7 Å². The lowest BCUT2D eigenvalue weighted by molar-refractivity contribution is -0.147. The highest BCUT2D eigenvalue weighted by Gasteiger charge is 2.31. The van der Waals surface area contributed by atoms with Gasteiger partial charge in [-0.1, -0.05) is 13.8 Å². The number of nitrogens with two attached hydrogens (primary N) is 1. The molecule has 4 unspecified atom stereocenters. The van der Waals surface area contributed by atoms with E-state index in [-0.39, 0.29) is 12.3 Å². The normalized spacial score (nSPS) is 14.6. The average Bonchev–Trinajstić information content (AvgIpc) is 3.22. The fourth-order valence-corrected chi connectivity index (χ4v) is 2.83. The number of amides is 3. The Bertz CT molecular complexity index is 828. The number of aliphatic hydroxyl groups is 1. The smallest absolute Gasteiger partial charge is 0.326 e. The lowest BCUT2D eigenvalue weighted by Gasteiger charge is -2.24. The number of hydrogen-bond donors (Lipinski definition) is 8. The van der Waals surface area contributed by atoms with Crippen molar-refractivity contribution in [1.82, 2.24) is 25.9 Å². The number of aliphatic carboxylic acids is 2. The van der Waals surface area contributed by atoms with Gasteiger partial charge in [-0.2, -0.15) is 0 Å². The molecule has 0 bridgehead atoms. The van der Waals surface area contributed by atoms with Crippen LogP contribution in [0.5, 0.6) is 0 Å². The van der Waals surface area contributed by atoms with Crippen molar-refractivity contribution in [3.63, 3.8) is 0 Å². The lowest BCUT2D eigenvalue weighted by Crippen LogP contribution is -2.58. The number of imidazole rings is 1. The summed E-state index contributed by atoms with van der Waals surface area (Å²) in [7, 11) is 0. The Balaban J connectivity index is 2.95. The Kier molecular flexibility index (Phi) is 10.9. The second-order valence-corrected chi connectivity index (χ2v) is 7.82. The van der Waals surface area contributed by atoms with Crippen molar-refractivity contribution in [2.45, 2.75) is 57.3 Å². The van der Waals surface area contributed by atoms with E-state index in [4.69, 9.17) is 15.9 Å². The summed E-state index contributed by atoms with van der Waals surface area (Å²) in [4.78, 5) is 66.2. The number of carboxylic acids is 2. The Morgan fingerprint density at radius 3 is 2.06 bits per heavy atom. The van der Waals surface area contributed by atoms with Crippen LogP contribution < -0.4 is 21.7 Å². The van der Waals surface area contributed by atoms with Gasteiger partial charge in [0.25, 0.3) is 0 Å².